The van der Waals surface area contributed by atoms with Gasteiger partial charge in [-0.15, -0.1) is 0 Å². The van der Waals surface area contributed by atoms with Crippen molar-refractivity contribution in [2.45, 2.75) is 18.9 Å². The van der Waals surface area contributed by atoms with Crippen molar-refractivity contribution in [2.24, 2.45) is 0 Å². The summed E-state index contributed by atoms with van der Waals surface area (Å²) in [5.74, 6) is 1.28. The van der Waals surface area contributed by atoms with Crippen LogP contribution in [0.4, 0.5) is 0 Å². The average molecular weight is 323 g/mol. The summed E-state index contributed by atoms with van der Waals surface area (Å²) in [5.41, 5.74) is 2.49. The van der Waals surface area contributed by atoms with E-state index in [4.69, 9.17) is 9.47 Å². The van der Waals surface area contributed by atoms with E-state index < -0.39 is 0 Å². The quantitative estimate of drug-likeness (QED) is 0.738. The van der Waals surface area contributed by atoms with E-state index in [1.54, 1.807) is 25.1 Å². The molecule has 2 heterocycles. The molecule has 1 aromatic carbocycles. The number of rotatable bonds is 4. The third kappa shape index (κ3) is 2.40. The lowest BCUT2D eigenvalue weighted by molar-refractivity contribution is 0.355. The molecule has 0 unspecified atom stereocenters. The molecule has 1 aliphatic rings. The molecule has 0 saturated heterocycles. The fourth-order valence-electron chi connectivity index (χ4n) is 2.78. The van der Waals surface area contributed by atoms with Gasteiger partial charge in [0.15, 0.2) is 17.0 Å². The van der Waals surface area contributed by atoms with Crippen LogP contribution in [0.1, 0.15) is 18.9 Å². The zero-order valence-electron chi connectivity index (χ0n) is 13.5. The summed E-state index contributed by atoms with van der Waals surface area (Å²) in [6.07, 6.45) is 3.69. The Bertz CT molecular complexity index is 977. The van der Waals surface area contributed by atoms with E-state index in [0.29, 0.717) is 28.2 Å². The monoisotopic (exact) mass is 323 g/mol. The smallest absolute Gasteiger partial charge is 0.280 e. The first kappa shape index (κ1) is 14.7. The van der Waals surface area contributed by atoms with Crippen molar-refractivity contribution in [1.29, 1.82) is 0 Å². The Morgan fingerprint density at radius 2 is 1.88 bits per heavy atom. The van der Waals surface area contributed by atoms with Gasteiger partial charge in [0, 0.05) is 11.6 Å². The van der Waals surface area contributed by atoms with E-state index in [-0.39, 0.29) is 11.6 Å². The molecule has 1 saturated carbocycles. The highest BCUT2D eigenvalue weighted by Gasteiger charge is 2.25. The van der Waals surface area contributed by atoms with Crippen molar-refractivity contribution in [3.63, 3.8) is 0 Å². The lowest BCUT2D eigenvalue weighted by Gasteiger charge is -2.10. The van der Waals surface area contributed by atoms with E-state index >= 15 is 0 Å². The second kappa shape index (κ2) is 5.63. The highest BCUT2D eigenvalue weighted by atomic mass is 16.5. The molecular weight excluding hydrogens is 306 g/mol. The van der Waals surface area contributed by atoms with Gasteiger partial charge in [-0.25, -0.2) is 9.97 Å². The number of aromatic nitrogens is 3. The van der Waals surface area contributed by atoms with E-state index in [9.17, 15) is 4.79 Å². The van der Waals surface area contributed by atoms with Gasteiger partial charge >= 0.3 is 0 Å². The molecule has 1 fully saturated rings. The maximum absolute atomic E-state index is 12.6. The number of hydrogen-bond acceptors (Lipinski definition) is 5. The lowest BCUT2D eigenvalue weighted by atomic mass is 10.1. The number of ether oxygens (including phenoxy) is 2. The normalized spacial score (nSPS) is 13.9. The van der Waals surface area contributed by atoms with Crippen LogP contribution in [0.5, 0.6) is 11.5 Å². The number of methoxy groups -OCH3 is 2. The van der Waals surface area contributed by atoms with Crippen molar-refractivity contribution >= 4 is 11.0 Å². The largest absolute Gasteiger partial charge is 0.493 e. The van der Waals surface area contributed by atoms with Gasteiger partial charge in [-0.3, -0.25) is 9.36 Å². The summed E-state index contributed by atoms with van der Waals surface area (Å²) in [7, 11) is 3.19. The Morgan fingerprint density at radius 1 is 1.08 bits per heavy atom. The van der Waals surface area contributed by atoms with Crippen LogP contribution in [0.15, 0.2) is 41.5 Å². The molecule has 24 heavy (non-hydrogen) atoms. The van der Waals surface area contributed by atoms with Gasteiger partial charge in [0.1, 0.15) is 0 Å². The van der Waals surface area contributed by atoms with Crippen LogP contribution < -0.4 is 15.0 Å². The summed E-state index contributed by atoms with van der Waals surface area (Å²) >= 11 is 0. The van der Waals surface area contributed by atoms with E-state index in [1.165, 1.54) is 0 Å². The minimum atomic E-state index is -0.0789. The molecule has 0 amide bonds. The van der Waals surface area contributed by atoms with Crippen LogP contribution >= 0.6 is 0 Å². The first-order chi connectivity index (χ1) is 11.7. The second-order valence-corrected chi connectivity index (χ2v) is 5.82. The number of fused-ring (bicyclic) bond motifs is 1. The highest BCUT2D eigenvalue weighted by molar-refractivity contribution is 5.77. The number of benzene rings is 1. The van der Waals surface area contributed by atoms with Gasteiger partial charge in [0.25, 0.3) is 5.56 Å². The molecule has 0 N–H and O–H groups in total. The minimum Gasteiger partial charge on any atom is -0.493 e. The van der Waals surface area contributed by atoms with Crippen molar-refractivity contribution in [2.75, 3.05) is 14.2 Å². The molecule has 1 aliphatic carbocycles. The van der Waals surface area contributed by atoms with Gasteiger partial charge in [-0.1, -0.05) is 0 Å². The fraction of sp³-hybridized carbons (Fsp3) is 0.278. The zero-order chi connectivity index (χ0) is 16.7. The summed E-state index contributed by atoms with van der Waals surface area (Å²) in [6.45, 7) is 0. The Labute approximate surface area is 138 Å². The highest BCUT2D eigenvalue weighted by Crippen LogP contribution is 2.34. The molecule has 122 valence electrons. The van der Waals surface area contributed by atoms with Crippen molar-refractivity contribution in [1.82, 2.24) is 14.5 Å². The van der Waals surface area contributed by atoms with Crippen molar-refractivity contribution < 1.29 is 9.47 Å². The molecule has 6 heteroatoms. The van der Waals surface area contributed by atoms with Gasteiger partial charge in [-0.2, -0.15) is 0 Å². The lowest BCUT2D eigenvalue weighted by Crippen LogP contribution is -2.20. The van der Waals surface area contributed by atoms with Crippen LogP contribution in [0.3, 0.4) is 0 Å². The molecule has 2 aromatic heterocycles. The Kier molecular flexibility index (Phi) is 3.45. The first-order valence-corrected chi connectivity index (χ1v) is 7.81. The summed E-state index contributed by atoms with van der Waals surface area (Å²) in [4.78, 5) is 21.5. The van der Waals surface area contributed by atoms with Gasteiger partial charge in [-0.05, 0) is 43.2 Å². The van der Waals surface area contributed by atoms with Crippen LogP contribution in [0.2, 0.25) is 0 Å². The Balaban J connectivity index is 1.85. The molecular formula is C18H17N3O3. The first-order valence-electron chi connectivity index (χ1n) is 7.81. The van der Waals surface area contributed by atoms with Gasteiger partial charge in [0.05, 0.1) is 31.8 Å². The van der Waals surface area contributed by atoms with Gasteiger partial charge in [0.2, 0.25) is 0 Å². The SMILES string of the molecule is COc1ccc(-c2ccc3ncn(C4CC4)c(=O)c3n2)cc1OC. The van der Waals surface area contributed by atoms with E-state index in [1.807, 2.05) is 30.3 Å². The molecule has 0 radical (unpaired) electrons. The van der Waals surface area contributed by atoms with Crippen LogP contribution in [0, 0.1) is 0 Å². The van der Waals surface area contributed by atoms with Crippen molar-refractivity contribution in [3.05, 3.63) is 47.0 Å². The van der Waals surface area contributed by atoms with Crippen LogP contribution in [-0.4, -0.2) is 28.8 Å². The fourth-order valence-corrected chi connectivity index (χ4v) is 2.78. The maximum atomic E-state index is 12.6. The summed E-state index contributed by atoms with van der Waals surface area (Å²) in [6, 6.07) is 9.53. The molecule has 6 nitrogen and oxygen atoms in total. The van der Waals surface area contributed by atoms with Gasteiger partial charge < -0.3 is 9.47 Å². The topological polar surface area (TPSA) is 66.2 Å². The van der Waals surface area contributed by atoms with Crippen LogP contribution in [0.25, 0.3) is 22.3 Å². The molecule has 0 spiro atoms. The molecule has 4 rings (SSSR count). The predicted octanol–water partition coefficient (Wildman–Crippen LogP) is 2.81. The standard InChI is InChI=1S/C18H17N3O3/c1-23-15-8-3-11(9-16(15)24-2)13-6-7-14-17(20-13)18(22)21(10-19-14)12-4-5-12/h3,6-10,12H,4-5H2,1-2H3. The predicted molar refractivity (Wildman–Crippen MR) is 90.6 cm³/mol. The molecule has 0 bridgehead atoms. The molecule has 0 aliphatic heterocycles. The Hall–Kier alpha value is -2.89. The van der Waals surface area contributed by atoms with Crippen LogP contribution in [-0.2, 0) is 0 Å². The summed E-state index contributed by atoms with van der Waals surface area (Å²) < 4.78 is 12.3. The van der Waals surface area contributed by atoms with E-state index in [0.717, 1.165) is 18.4 Å². The summed E-state index contributed by atoms with van der Waals surface area (Å²) in [5, 5.41) is 0. The van der Waals surface area contributed by atoms with Crippen molar-refractivity contribution in [3.8, 4) is 22.8 Å². The zero-order valence-corrected chi connectivity index (χ0v) is 13.5. The third-order valence-corrected chi connectivity index (χ3v) is 4.25. The number of nitrogens with zero attached hydrogens (tertiary/aromatic N) is 3. The maximum Gasteiger partial charge on any atom is 0.280 e. The molecule has 3 aromatic rings. The number of hydrogen-bond donors (Lipinski definition) is 0. The minimum absolute atomic E-state index is 0.0789. The Morgan fingerprint density at radius 3 is 2.58 bits per heavy atom. The van der Waals surface area contributed by atoms with E-state index in [2.05, 4.69) is 9.97 Å². The average Bonchev–Trinajstić information content (AvgIpc) is 3.46. The number of pyridine rings is 1. The second-order valence-electron chi connectivity index (χ2n) is 5.82. The third-order valence-electron chi connectivity index (χ3n) is 4.25. The molecule has 0 atom stereocenters.